The zero-order valence-corrected chi connectivity index (χ0v) is 60.5. The smallest absolute Gasteiger partial charge is 0.0546 e. The molecule has 514 valence electrons. The molecule has 0 saturated heterocycles. The van der Waals surface area contributed by atoms with Crippen LogP contribution in [0.3, 0.4) is 0 Å². The maximum atomic E-state index is 2.55. The van der Waals surface area contributed by atoms with Crippen LogP contribution in [-0.2, 0) is 0 Å². The first-order chi connectivity index (χ1) is 54.6. The Morgan fingerprint density at radius 3 is 0.964 bits per heavy atom. The summed E-state index contributed by atoms with van der Waals surface area (Å²) in [7, 11) is 0. The molecule has 0 aromatic heterocycles. The number of hydrogen-bond acceptors (Lipinski definition) is 2. The van der Waals surface area contributed by atoms with Crippen molar-refractivity contribution in [3.05, 3.63) is 437 Å². The topological polar surface area (TPSA) is 6.48 Å². The summed E-state index contributed by atoms with van der Waals surface area (Å²) in [4.78, 5) is 5.07. The standard InChI is InChI=1S/C108H72N2/c1-4-29-73(30-5-1)83-65-66-106(99(70-83)77-34-8-3-9-35-77)109(104-52-26-22-47-97(104)100-71-84-37-12-14-39-88(84)93-43-16-18-45-95(93)100)102-50-24-20-41-90(102)87-64-62-81-67-80(60-61-82(81)69-87)75-55-58-78(59-56-75)108-92(76-32-6-2-7-33-76)49-28-54-107(108)110(103-51-25-21-42-91(103)86-63-57-74-31-10-11-36-79(74)68-86)105-53-27-23-48-98(105)101-72-85-38-13-15-40-89(85)94-44-17-19-46-96(94)101/h1-72H. The monoisotopic (exact) mass is 1400 g/mol. The van der Waals surface area contributed by atoms with Gasteiger partial charge in [-0.3, -0.25) is 0 Å². The quantitative estimate of drug-likeness (QED) is 0.0944. The highest BCUT2D eigenvalue weighted by molar-refractivity contribution is 6.17. The molecule has 0 radical (unpaired) electrons. The number of fused-ring (bicyclic) bond motifs is 8. The van der Waals surface area contributed by atoms with Crippen molar-refractivity contribution >= 4 is 98.8 Å². The summed E-state index contributed by atoms with van der Waals surface area (Å²) >= 11 is 0. The van der Waals surface area contributed by atoms with E-state index >= 15 is 0 Å². The molecule has 0 heterocycles. The molecule has 0 atom stereocenters. The summed E-state index contributed by atoms with van der Waals surface area (Å²) in [6.07, 6.45) is 0. The minimum absolute atomic E-state index is 1.07. The largest absolute Gasteiger partial charge is 0.309 e. The number of anilines is 6. The first kappa shape index (κ1) is 65.1. The number of para-hydroxylation sites is 4. The van der Waals surface area contributed by atoms with Crippen molar-refractivity contribution in [3.63, 3.8) is 0 Å². The number of benzene rings is 20. The van der Waals surface area contributed by atoms with E-state index in [0.29, 0.717) is 0 Å². The maximum absolute atomic E-state index is 2.55. The molecule has 0 aliphatic heterocycles. The van der Waals surface area contributed by atoms with Crippen LogP contribution in [0.2, 0.25) is 0 Å². The van der Waals surface area contributed by atoms with Crippen LogP contribution < -0.4 is 9.80 Å². The molecule has 0 amide bonds. The molecule has 0 N–H and O–H groups in total. The zero-order valence-electron chi connectivity index (χ0n) is 60.5. The summed E-state index contributed by atoms with van der Waals surface area (Å²) in [6.45, 7) is 0. The third-order valence-corrected chi connectivity index (χ3v) is 22.2. The van der Waals surface area contributed by atoms with E-state index in [0.717, 1.165) is 128 Å². The molecule has 0 unspecified atom stereocenters. The molecule has 2 heteroatoms. The number of hydrogen-bond donors (Lipinski definition) is 0. The van der Waals surface area contributed by atoms with Crippen LogP contribution in [0.1, 0.15) is 0 Å². The van der Waals surface area contributed by atoms with Gasteiger partial charge in [-0.25, -0.2) is 0 Å². The van der Waals surface area contributed by atoms with Crippen LogP contribution in [-0.4, -0.2) is 0 Å². The van der Waals surface area contributed by atoms with Gasteiger partial charge in [0.1, 0.15) is 0 Å². The Bertz CT molecular complexity index is 6900. The Balaban J connectivity index is 0.720. The maximum Gasteiger partial charge on any atom is 0.0546 e. The van der Waals surface area contributed by atoms with Gasteiger partial charge in [-0.1, -0.05) is 364 Å². The second kappa shape index (κ2) is 28.1. The highest BCUT2D eigenvalue weighted by Gasteiger charge is 2.29. The predicted molar refractivity (Wildman–Crippen MR) is 470 cm³/mol. The first-order valence-corrected chi connectivity index (χ1v) is 37.9. The van der Waals surface area contributed by atoms with Gasteiger partial charge < -0.3 is 9.80 Å². The minimum Gasteiger partial charge on any atom is -0.309 e. The van der Waals surface area contributed by atoms with Crippen LogP contribution in [0.25, 0.3) is 165 Å². The highest BCUT2D eigenvalue weighted by Crippen LogP contribution is 2.54. The van der Waals surface area contributed by atoms with E-state index in [9.17, 15) is 0 Å². The lowest BCUT2D eigenvalue weighted by Crippen LogP contribution is -2.14. The molecule has 2 nitrogen and oxygen atoms in total. The van der Waals surface area contributed by atoms with E-state index in [2.05, 4.69) is 447 Å². The molecule has 20 aromatic carbocycles. The van der Waals surface area contributed by atoms with Gasteiger partial charge in [0.05, 0.1) is 34.1 Å². The normalized spacial score (nSPS) is 11.5. The van der Waals surface area contributed by atoms with Crippen molar-refractivity contribution in [3.8, 4) is 100 Å². The van der Waals surface area contributed by atoms with E-state index in [1.54, 1.807) is 0 Å². The van der Waals surface area contributed by atoms with Gasteiger partial charge in [-0.2, -0.15) is 0 Å². The first-order valence-electron chi connectivity index (χ1n) is 37.9. The van der Waals surface area contributed by atoms with Gasteiger partial charge in [-0.05, 0) is 204 Å². The van der Waals surface area contributed by atoms with E-state index in [-0.39, 0.29) is 0 Å². The lowest BCUT2D eigenvalue weighted by atomic mass is 9.89. The van der Waals surface area contributed by atoms with Gasteiger partial charge >= 0.3 is 0 Å². The van der Waals surface area contributed by atoms with Crippen molar-refractivity contribution in [2.75, 3.05) is 9.80 Å². The lowest BCUT2D eigenvalue weighted by Gasteiger charge is -2.32. The fraction of sp³-hybridized carbons (Fsp3) is 0. The van der Waals surface area contributed by atoms with Crippen LogP contribution in [0.4, 0.5) is 34.1 Å². The Morgan fingerprint density at radius 1 is 0.118 bits per heavy atom. The van der Waals surface area contributed by atoms with Crippen LogP contribution in [0.5, 0.6) is 0 Å². The fourth-order valence-corrected chi connectivity index (χ4v) is 17.0. The second-order valence-electron chi connectivity index (χ2n) is 28.6. The molecule has 20 rings (SSSR count). The van der Waals surface area contributed by atoms with E-state index in [4.69, 9.17) is 0 Å². The van der Waals surface area contributed by atoms with Crippen molar-refractivity contribution in [1.82, 2.24) is 0 Å². The molecular formula is C108H72N2. The summed E-state index contributed by atoms with van der Waals surface area (Å²) in [6, 6.07) is 161. The number of nitrogens with zero attached hydrogens (tertiary/aromatic N) is 2. The van der Waals surface area contributed by atoms with Gasteiger partial charge in [0, 0.05) is 33.4 Å². The fourth-order valence-electron chi connectivity index (χ4n) is 17.0. The lowest BCUT2D eigenvalue weighted by molar-refractivity contribution is 1.28. The minimum atomic E-state index is 1.07. The predicted octanol–water partition coefficient (Wildman–Crippen LogP) is 30.5. The molecule has 0 fully saturated rings. The Morgan fingerprint density at radius 2 is 0.427 bits per heavy atom. The average molecular weight is 1400 g/mol. The van der Waals surface area contributed by atoms with Crippen molar-refractivity contribution in [2.24, 2.45) is 0 Å². The van der Waals surface area contributed by atoms with Crippen molar-refractivity contribution < 1.29 is 0 Å². The zero-order chi connectivity index (χ0) is 72.9. The number of rotatable bonds is 15. The molecular weight excluding hydrogens is 1330 g/mol. The molecule has 20 aromatic rings. The van der Waals surface area contributed by atoms with E-state index < -0.39 is 0 Å². The van der Waals surface area contributed by atoms with Gasteiger partial charge in [-0.15, -0.1) is 0 Å². The molecule has 0 aliphatic rings. The van der Waals surface area contributed by atoms with Crippen molar-refractivity contribution in [1.29, 1.82) is 0 Å². The van der Waals surface area contributed by atoms with Crippen LogP contribution >= 0.6 is 0 Å². The van der Waals surface area contributed by atoms with Gasteiger partial charge in [0.2, 0.25) is 0 Å². The summed E-state index contributed by atoms with van der Waals surface area (Å²) in [5.41, 5.74) is 27.0. The molecule has 0 aliphatic carbocycles. The Hall–Kier alpha value is -14.4. The van der Waals surface area contributed by atoms with Crippen molar-refractivity contribution in [2.45, 2.75) is 0 Å². The third-order valence-electron chi connectivity index (χ3n) is 22.2. The average Bonchev–Trinajstić information content (AvgIpc) is 0.744. The summed E-state index contributed by atoms with van der Waals surface area (Å²) < 4.78 is 0. The van der Waals surface area contributed by atoms with Gasteiger partial charge in [0.15, 0.2) is 0 Å². The summed E-state index contributed by atoms with van der Waals surface area (Å²) in [5, 5.41) is 14.5. The molecule has 0 spiro atoms. The highest BCUT2D eigenvalue weighted by atomic mass is 15.2. The van der Waals surface area contributed by atoms with Crippen LogP contribution in [0.15, 0.2) is 437 Å². The second-order valence-corrected chi connectivity index (χ2v) is 28.6. The van der Waals surface area contributed by atoms with Gasteiger partial charge in [0.25, 0.3) is 0 Å². The Kier molecular flexibility index (Phi) is 16.6. The SMILES string of the molecule is c1ccc(-c2ccc(N(c3ccccc3-c3ccc4cc(-c5ccc(-c6c(-c7ccccc7)cccc6N(c6ccccc6-c6ccc7ccccc7c6)c6ccccc6-c6cc7ccccc7c7ccccc67)cc5)ccc4c3)c3ccccc3-c3cc4ccccc4c4ccccc34)c(-c3ccccc3)c2)cc1. The molecule has 110 heavy (non-hydrogen) atoms. The molecule has 0 bridgehead atoms. The third kappa shape index (κ3) is 11.8. The van der Waals surface area contributed by atoms with E-state index in [1.807, 2.05) is 0 Å². The summed E-state index contributed by atoms with van der Waals surface area (Å²) in [5.74, 6) is 0. The molecule has 0 saturated carbocycles. The van der Waals surface area contributed by atoms with E-state index in [1.165, 1.54) is 70.6 Å². The van der Waals surface area contributed by atoms with Crippen LogP contribution in [0, 0.1) is 0 Å². The Labute approximate surface area is 641 Å².